The number of thiocarbonyl (C=S) groups is 1. The largest absolute Gasteiger partial charge is 0.493 e. The van der Waals surface area contributed by atoms with Gasteiger partial charge in [-0.3, -0.25) is 9.69 Å². The Morgan fingerprint density at radius 3 is 2.62 bits per heavy atom. The van der Waals surface area contributed by atoms with Crippen LogP contribution in [0.25, 0.3) is 6.08 Å². The molecule has 2 aromatic carbocycles. The van der Waals surface area contributed by atoms with Crippen molar-refractivity contribution in [1.82, 2.24) is 0 Å². The lowest BCUT2D eigenvalue weighted by molar-refractivity contribution is -0.113. The number of carbonyl (C=O) groups excluding carboxylic acids is 1. The highest BCUT2D eigenvalue weighted by atomic mass is 127. The molecule has 0 aromatic heterocycles. The molecule has 1 heterocycles. The molecule has 0 saturated carbocycles. The molecule has 1 aliphatic rings. The summed E-state index contributed by atoms with van der Waals surface area (Å²) in [6, 6.07) is 11.5. The SMILES string of the molecule is COc1cc(/C=C2\SC(=S)N(c3cccc(C)c3)C2=O)cc(I)c1OC. The molecule has 4 nitrogen and oxygen atoms in total. The summed E-state index contributed by atoms with van der Waals surface area (Å²) in [6.07, 6.45) is 1.83. The molecule has 0 atom stereocenters. The van der Waals surface area contributed by atoms with E-state index in [-0.39, 0.29) is 5.91 Å². The number of anilines is 1. The molecule has 2 aromatic rings. The van der Waals surface area contributed by atoms with E-state index in [1.807, 2.05) is 49.4 Å². The summed E-state index contributed by atoms with van der Waals surface area (Å²) in [5.74, 6) is 1.19. The van der Waals surface area contributed by atoms with Crippen molar-refractivity contribution in [1.29, 1.82) is 0 Å². The second-order valence-electron chi connectivity index (χ2n) is 5.59. The van der Waals surface area contributed by atoms with Gasteiger partial charge < -0.3 is 9.47 Å². The minimum Gasteiger partial charge on any atom is -0.493 e. The molecule has 1 aliphatic heterocycles. The molecule has 0 radical (unpaired) electrons. The molecule has 26 heavy (non-hydrogen) atoms. The number of methoxy groups -OCH3 is 2. The number of benzene rings is 2. The zero-order valence-corrected chi connectivity index (χ0v) is 18.2. The summed E-state index contributed by atoms with van der Waals surface area (Å²) in [6.45, 7) is 1.99. The van der Waals surface area contributed by atoms with Crippen LogP contribution >= 0.6 is 46.6 Å². The van der Waals surface area contributed by atoms with Crippen LogP contribution in [0, 0.1) is 10.5 Å². The predicted molar refractivity (Wildman–Crippen MR) is 119 cm³/mol. The Bertz CT molecular complexity index is 927. The molecular weight excluding hydrogens is 481 g/mol. The molecular formula is C19H16INO3S2. The molecule has 0 N–H and O–H groups in total. The monoisotopic (exact) mass is 497 g/mol. The van der Waals surface area contributed by atoms with Crippen molar-refractivity contribution in [3.63, 3.8) is 0 Å². The lowest BCUT2D eigenvalue weighted by atomic mass is 10.1. The first kappa shape index (κ1) is 19.2. The highest BCUT2D eigenvalue weighted by molar-refractivity contribution is 14.1. The third-order valence-corrected chi connectivity index (χ3v) is 5.91. The number of hydrogen-bond donors (Lipinski definition) is 0. The fourth-order valence-corrected chi connectivity index (χ4v) is 4.77. The van der Waals surface area contributed by atoms with Crippen molar-refractivity contribution in [2.24, 2.45) is 0 Å². The lowest BCUT2D eigenvalue weighted by Crippen LogP contribution is -2.27. The van der Waals surface area contributed by atoms with Crippen molar-refractivity contribution in [3.8, 4) is 11.5 Å². The Morgan fingerprint density at radius 1 is 1.19 bits per heavy atom. The van der Waals surface area contributed by atoms with Gasteiger partial charge in [0.2, 0.25) is 0 Å². The highest BCUT2D eigenvalue weighted by Crippen LogP contribution is 2.38. The number of aryl methyl sites for hydroxylation is 1. The predicted octanol–water partition coefficient (Wildman–Crippen LogP) is 5.02. The van der Waals surface area contributed by atoms with Gasteiger partial charge in [0.25, 0.3) is 5.91 Å². The minimum atomic E-state index is -0.115. The second kappa shape index (κ2) is 7.98. The number of hydrogen-bond acceptors (Lipinski definition) is 5. The van der Waals surface area contributed by atoms with Crippen molar-refractivity contribution in [2.45, 2.75) is 6.92 Å². The molecule has 3 rings (SSSR count). The number of halogens is 1. The van der Waals surface area contributed by atoms with Crippen LogP contribution in [0.1, 0.15) is 11.1 Å². The number of ether oxygens (including phenoxy) is 2. The maximum atomic E-state index is 12.9. The van der Waals surface area contributed by atoms with E-state index in [0.717, 1.165) is 20.4 Å². The lowest BCUT2D eigenvalue weighted by Gasteiger charge is -2.14. The first-order valence-electron chi connectivity index (χ1n) is 7.70. The number of nitrogens with zero attached hydrogens (tertiary/aromatic N) is 1. The minimum absolute atomic E-state index is 0.115. The van der Waals surface area contributed by atoms with Gasteiger partial charge in [0.15, 0.2) is 15.8 Å². The first-order chi connectivity index (χ1) is 12.4. The molecule has 1 fully saturated rings. The summed E-state index contributed by atoms with van der Waals surface area (Å²) in [7, 11) is 3.20. The molecule has 134 valence electrons. The van der Waals surface area contributed by atoms with Crippen molar-refractivity contribution in [3.05, 3.63) is 56.0 Å². The maximum absolute atomic E-state index is 12.9. The third kappa shape index (κ3) is 3.74. The van der Waals surface area contributed by atoms with Gasteiger partial charge in [-0.05, 0) is 71.0 Å². The average molecular weight is 497 g/mol. The smallest absolute Gasteiger partial charge is 0.270 e. The van der Waals surface area contributed by atoms with E-state index in [1.165, 1.54) is 11.8 Å². The Labute approximate surface area is 175 Å². The standard InChI is InChI=1S/C19H16INO3S2/c1-11-5-4-6-13(7-11)21-18(22)16(26-19(21)25)10-12-8-14(20)17(24-3)15(9-12)23-2/h4-10H,1-3H3/b16-10-. The Hall–Kier alpha value is -1.58. The quantitative estimate of drug-likeness (QED) is 0.337. The van der Waals surface area contributed by atoms with Crippen molar-refractivity contribution in [2.75, 3.05) is 19.1 Å². The van der Waals surface area contributed by atoms with E-state index < -0.39 is 0 Å². The summed E-state index contributed by atoms with van der Waals surface area (Å²) >= 11 is 8.92. The van der Waals surface area contributed by atoms with Gasteiger partial charge in [-0.15, -0.1) is 0 Å². The molecule has 0 bridgehead atoms. The van der Waals surface area contributed by atoms with E-state index in [2.05, 4.69) is 22.6 Å². The summed E-state index contributed by atoms with van der Waals surface area (Å²) < 4.78 is 12.2. The van der Waals surface area contributed by atoms with E-state index in [1.54, 1.807) is 19.1 Å². The topological polar surface area (TPSA) is 38.8 Å². The molecule has 0 spiro atoms. The molecule has 0 unspecified atom stereocenters. The summed E-state index contributed by atoms with van der Waals surface area (Å²) in [4.78, 5) is 15.0. The van der Waals surface area contributed by atoms with Gasteiger partial charge in [-0.25, -0.2) is 0 Å². The Morgan fingerprint density at radius 2 is 1.96 bits per heavy atom. The fourth-order valence-electron chi connectivity index (χ4n) is 2.63. The molecule has 1 amide bonds. The Balaban J connectivity index is 1.97. The van der Waals surface area contributed by atoms with Crippen LogP contribution in [0.2, 0.25) is 0 Å². The molecule has 7 heteroatoms. The third-order valence-electron chi connectivity index (χ3n) is 3.81. The molecule has 0 aliphatic carbocycles. The van der Waals surface area contributed by atoms with Crippen LogP contribution in [0.15, 0.2) is 41.3 Å². The van der Waals surface area contributed by atoms with Crippen LogP contribution in [0.3, 0.4) is 0 Å². The molecule has 1 saturated heterocycles. The summed E-state index contributed by atoms with van der Waals surface area (Å²) in [5, 5.41) is 0. The Kier molecular flexibility index (Phi) is 5.89. The van der Waals surface area contributed by atoms with Crippen LogP contribution in [0.4, 0.5) is 5.69 Å². The van der Waals surface area contributed by atoms with E-state index >= 15 is 0 Å². The van der Waals surface area contributed by atoms with Gasteiger partial charge in [-0.2, -0.15) is 0 Å². The normalized spacial score (nSPS) is 15.7. The zero-order chi connectivity index (χ0) is 18.8. The highest BCUT2D eigenvalue weighted by Gasteiger charge is 2.33. The number of thioether (sulfide) groups is 1. The van der Waals surface area contributed by atoms with Crippen LogP contribution in [-0.4, -0.2) is 24.4 Å². The number of rotatable bonds is 4. The van der Waals surface area contributed by atoms with Crippen LogP contribution in [0.5, 0.6) is 11.5 Å². The summed E-state index contributed by atoms with van der Waals surface area (Å²) in [5.41, 5.74) is 2.73. The van der Waals surface area contributed by atoms with Gasteiger partial charge in [0, 0.05) is 0 Å². The maximum Gasteiger partial charge on any atom is 0.270 e. The number of amides is 1. The zero-order valence-electron chi connectivity index (χ0n) is 14.4. The van der Waals surface area contributed by atoms with Gasteiger partial charge in [0.1, 0.15) is 0 Å². The van der Waals surface area contributed by atoms with Crippen LogP contribution in [-0.2, 0) is 4.79 Å². The van der Waals surface area contributed by atoms with Gasteiger partial charge >= 0.3 is 0 Å². The van der Waals surface area contributed by atoms with E-state index in [4.69, 9.17) is 21.7 Å². The fraction of sp³-hybridized carbons (Fsp3) is 0.158. The van der Waals surface area contributed by atoms with Gasteiger partial charge in [-0.1, -0.05) is 36.1 Å². The average Bonchev–Trinajstić information content (AvgIpc) is 2.88. The van der Waals surface area contributed by atoms with Gasteiger partial charge in [0.05, 0.1) is 28.4 Å². The van der Waals surface area contributed by atoms with Crippen molar-refractivity contribution >= 4 is 68.6 Å². The van der Waals surface area contributed by atoms with Crippen molar-refractivity contribution < 1.29 is 14.3 Å². The second-order valence-corrected chi connectivity index (χ2v) is 8.43. The van der Waals surface area contributed by atoms with Crippen LogP contribution < -0.4 is 14.4 Å². The number of carbonyl (C=O) groups is 1. The van der Waals surface area contributed by atoms with E-state index in [9.17, 15) is 4.79 Å². The van der Waals surface area contributed by atoms with E-state index in [0.29, 0.717) is 20.7 Å². The first-order valence-corrected chi connectivity index (χ1v) is 10.0.